The minimum atomic E-state index is 0. The van der Waals surface area contributed by atoms with E-state index in [1.807, 2.05) is 0 Å². The van der Waals surface area contributed by atoms with Crippen molar-refractivity contribution < 1.29 is 22.5 Å². The minimum Gasteiger partial charge on any atom is -1.00 e. The smallest absolute Gasteiger partial charge is 0.0957 e. The van der Waals surface area contributed by atoms with E-state index in [2.05, 4.69) is 5.16 Å². The Morgan fingerprint density at radius 2 is 1.71 bits per heavy atom. The van der Waals surface area contributed by atoms with Crippen molar-refractivity contribution in [1.29, 1.82) is 0 Å². The number of nitrogens with zero attached hydrogens (tertiary/aromatic N) is 1. The van der Waals surface area contributed by atoms with Gasteiger partial charge in [0.25, 0.3) is 0 Å². The second-order valence-corrected chi connectivity index (χ2v) is 5.81. The predicted molar refractivity (Wildman–Crippen MR) is 63.0 cm³/mol. The van der Waals surface area contributed by atoms with Crippen molar-refractivity contribution >= 4 is 5.71 Å². The van der Waals surface area contributed by atoms with Crippen LogP contribution in [0.5, 0.6) is 0 Å². The van der Waals surface area contributed by atoms with Crippen molar-refractivity contribution in [2.24, 2.45) is 17.0 Å². The van der Waals surface area contributed by atoms with Gasteiger partial charge in [0.1, 0.15) is 0 Å². The van der Waals surface area contributed by atoms with Crippen LogP contribution in [0.3, 0.4) is 0 Å². The number of oxime groups is 1. The van der Waals surface area contributed by atoms with Crippen molar-refractivity contribution in [2.45, 2.75) is 51.0 Å². The fourth-order valence-corrected chi connectivity index (χ4v) is 4.28. The number of quaternary nitrogens is 1. The minimum absolute atomic E-state index is 0. The highest BCUT2D eigenvalue weighted by Crippen LogP contribution is 2.39. The number of hydrogen-bond acceptors (Lipinski definition) is 2. The fourth-order valence-electron chi connectivity index (χ4n) is 4.28. The van der Waals surface area contributed by atoms with E-state index in [1.165, 1.54) is 58.0 Å². The summed E-state index contributed by atoms with van der Waals surface area (Å²) in [6, 6.07) is 0.768. The molecular formula is C13H23ClN2O. The highest BCUT2D eigenvalue weighted by molar-refractivity contribution is 5.91. The van der Waals surface area contributed by atoms with Gasteiger partial charge in [-0.15, -0.1) is 0 Å². The molecule has 3 atom stereocenters. The summed E-state index contributed by atoms with van der Waals surface area (Å²) in [5.41, 5.74) is 1.15. The molecule has 3 rings (SSSR count). The first-order valence-corrected chi connectivity index (χ1v) is 6.96. The Labute approximate surface area is 110 Å². The standard InChI is InChI=1S/C13H22N2O.ClH/c16-14-13-10-4-6-11(13)12(7-5-10)15-8-2-1-3-9-15;/h10-12,16H,1-9H2;1H/b14-13+;. The molecule has 0 radical (unpaired) electrons. The van der Waals surface area contributed by atoms with Gasteiger partial charge < -0.3 is 22.5 Å². The third-order valence-electron chi connectivity index (χ3n) is 5.07. The molecule has 2 bridgehead atoms. The number of halogens is 1. The summed E-state index contributed by atoms with van der Waals surface area (Å²) in [6.07, 6.45) is 9.39. The van der Waals surface area contributed by atoms with Crippen molar-refractivity contribution in [3.63, 3.8) is 0 Å². The van der Waals surface area contributed by atoms with Crippen LogP contribution in [0, 0.1) is 11.8 Å². The Hall–Kier alpha value is -0.280. The van der Waals surface area contributed by atoms with Gasteiger partial charge in [-0.05, 0) is 38.5 Å². The highest BCUT2D eigenvalue weighted by atomic mass is 35.5. The van der Waals surface area contributed by atoms with Crippen molar-refractivity contribution in [3.8, 4) is 0 Å². The number of rotatable bonds is 1. The molecule has 3 fully saturated rings. The number of hydrogen-bond donors (Lipinski definition) is 2. The summed E-state index contributed by atoms with van der Waals surface area (Å²) in [4.78, 5) is 1.80. The maximum absolute atomic E-state index is 9.17. The molecule has 98 valence electrons. The summed E-state index contributed by atoms with van der Waals surface area (Å²) >= 11 is 0. The first-order chi connectivity index (χ1) is 7.90. The largest absolute Gasteiger partial charge is 1.00 e. The normalized spacial score (nSPS) is 40.2. The molecule has 2 aliphatic carbocycles. The molecule has 1 saturated heterocycles. The Kier molecular flexibility index (Phi) is 4.31. The van der Waals surface area contributed by atoms with E-state index in [0.29, 0.717) is 11.8 Å². The molecule has 2 saturated carbocycles. The van der Waals surface area contributed by atoms with Crippen LogP contribution in [0.1, 0.15) is 44.9 Å². The molecule has 17 heavy (non-hydrogen) atoms. The summed E-state index contributed by atoms with van der Waals surface area (Å²) in [5.74, 6) is 1.23. The van der Waals surface area contributed by atoms with Crippen LogP contribution in [0.4, 0.5) is 0 Å². The molecule has 0 spiro atoms. The summed E-state index contributed by atoms with van der Waals surface area (Å²) in [5, 5.41) is 12.8. The van der Waals surface area contributed by atoms with Gasteiger partial charge in [-0.3, -0.25) is 0 Å². The monoisotopic (exact) mass is 258 g/mol. The van der Waals surface area contributed by atoms with Crippen LogP contribution in [-0.2, 0) is 0 Å². The molecular weight excluding hydrogens is 236 g/mol. The Morgan fingerprint density at radius 1 is 1.00 bits per heavy atom. The third kappa shape index (κ3) is 2.32. The van der Waals surface area contributed by atoms with Gasteiger partial charge in [0.2, 0.25) is 0 Å². The zero-order valence-corrected chi connectivity index (χ0v) is 11.1. The van der Waals surface area contributed by atoms with Gasteiger partial charge in [-0.1, -0.05) is 5.16 Å². The van der Waals surface area contributed by atoms with E-state index in [4.69, 9.17) is 5.21 Å². The van der Waals surface area contributed by atoms with Crippen LogP contribution in [0.15, 0.2) is 5.16 Å². The van der Waals surface area contributed by atoms with Crippen molar-refractivity contribution in [2.75, 3.05) is 13.1 Å². The zero-order chi connectivity index (χ0) is 11.0. The van der Waals surface area contributed by atoms with E-state index in [0.717, 1.165) is 11.8 Å². The third-order valence-corrected chi connectivity index (χ3v) is 5.07. The predicted octanol–water partition coefficient (Wildman–Crippen LogP) is -1.92. The van der Waals surface area contributed by atoms with Gasteiger partial charge in [-0.2, -0.15) is 0 Å². The lowest BCUT2D eigenvalue weighted by atomic mass is 9.81. The second-order valence-electron chi connectivity index (χ2n) is 5.81. The molecule has 3 aliphatic rings. The summed E-state index contributed by atoms with van der Waals surface area (Å²) in [7, 11) is 0. The van der Waals surface area contributed by atoms with E-state index < -0.39 is 0 Å². The van der Waals surface area contributed by atoms with Crippen LogP contribution in [0.2, 0.25) is 0 Å². The highest BCUT2D eigenvalue weighted by Gasteiger charge is 2.46. The molecule has 1 heterocycles. The van der Waals surface area contributed by atoms with E-state index >= 15 is 0 Å². The molecule has 3 nitrogen and oxygen atoms in total. The number of fused-ring (bicyclic) bond motifs is 2. The van der Waals surface area contributed by atoms with Crippen LogP contribution in [0.25, 0.3) is 0 Å². The molecule has 4 heteroatoms. The summed E-state index contributed by atoms with van der Waals surface area (Å²) < 4.78 is 0. The van der Waals surface area contributed by atoms with E-state index in [1.54, 1.807) is 4.90 Å². The zero-order valence-electron chi connectivity index (χ0n) is 10.4. The first kappa shape index (κ1) is 13.2. The van der Waals surface area contributed by atoms with Crippen LogP contribution in [-0.4, -0.2) is 30.1 Å². The molecule has 0 aromatic carbocycles. The SMILES string of the molecule is O/N=C1\C2CCC1C([NH+]1CCCCC1)CC2.[Cl-]. The molecule has 0 aromatic rings. The van der Waals surface area contributed by atoms with Crippen molar-refractivity contribution in [3.05, 3.63) is 0 Å². The van der Waals surface area contributed by atoms with Gasteiger partial charge >= 0.3 is 0 Å². The maximum atomic E-state index is 9.17. The van der Waals surface area contributed by atoms with Gasteiger partial charge in [-0.25, -0.2) is 0 Å². The lowest BCUT2D eigenvalue weighted by molar-refractivity contribution is -0.933. The lowest BCUT2D eigenvalue weighted by Gasteiger charge is -2.37. The number of nitrogens with one attached hydrogen (secondary N) is 1. The molecule has 3 unspecified atom stereocenters. The van der Waals surface area contributed by atoms with E-state index in [9.17, 15) is 0 Å². The molecule has 2 N–H and O–H groups in total. The topological polar surface area (TPSA) is 37.0 Å². The van der Waals surface area contributed by atoms with Crippen molar-refractivity contribution in [1.82, 2.24) is 0 Å². The first-order valence-electron chi connectivity index (χ1n) is 6.96. The van der Waals surface area contributed by atoms with Gasteiger partial charge in [0, 0.05) is 12.3 Å². The Balaban J connectivity index is 0.00000108. The summed E-state index contributed by atoms with van der Waals surface area (Å²) in [6.45, 7) is 2.70. The average molecular weight is 259 g/mol. The quantitative estimate of drug-likeness (QED) is 0.418. The van der Waals surface area contributed by atoms with Gasteiger partial charge in [0.15, 0.2) is 0 Å². The molecule has 1 aliphatic heterocycles. The van der Waals surface area contributed by atoms with Crippen LogP contribution < -0.4 is 17.3 Å². The van der Waals surface area contributed by atoms with Crippen LogP contribution >= 0.6 is 0 Å². The Morgan fingerprint density at radius 3 is 2.41 bits per heavy atom. The van der Waals surface area contributed by atoms with E-state index in [-0.39, 0.29) is 12.4 Å². The average Bonchev–Trinajstić information content (AvgIpc) is 2.63. The van der Waals surface area contributed by atoms with Gasteiger partial charge in [0.05, 0.1) is 30.8 Å². The fraction of sp³-hybridized carbons (Fsp3) is 0.923. The lowest BCUT2D eigenvalue weighted by Crippen LogP contribution is -3.17. The Bertz CT molecular complexity index is 289. The maximum Gasteiger partial charge on any atom is 0.0957 e. The number of piperidine rings is 1. The molecule has 0 amide bonds. The molecule has 0 aromatic heterocycles. The second kappa shape index (κ2) is 5.57. The number of likely N-dealkylation sites (tertiary alicyclic amines) is 1.